The fourth-order valence-corrected chi connectivity index (χ4v) is 1.81. The first-order chi connectivity index (χ1) is 16.2. The molecule has 0 aliphatic carbocycles. The Kier molecular flexibility index (Phi) is 1.02. The molecule has 0 aromatic heterocycles. The molecular formula is C20H15N. The van der Waals surface area contributed by atoms with E-state index in [2.05, 4.69) is 5.32 Å². The number of fused-ring (bicyclic) bond motifs is 2. The van der Waals surface area contributed by atoms with Gasteiger partial charge in [0.25, 0.3) is 0 Å². The molecule has 0 radical (unpaired) electrons. The maximum absolute atomic E-state index is 8.52. The topological polar surface area (TPSA) is 12.0 Å². The lowest BCUT2D eigenvalue weighted by Crippen LogP contribution is -1.90. The Labute approximate surface area is 143 Å². The van der Waals surface area contributed by atoms with E-state index < -0.39 is 96.0 Å². The first-order valence-corrected chi connectivity index (χ1v) is 6.00. The third kappa shape index (κ3) is 2.34. The second kappa shape index (κ2) is 4.95. The SMILES string of the molecule is [2H]c1c([2H])c([2H])c2c([2H])c(Nc3c([2H])c([2H])c4c([2H])c([2H])c([2H])c([2H])c4c3[2H])c([2H])c([2H])c2c1[2H]. The summed E-state index contributed by atoms with van der Waals surface area (Å²) in [5, 5.41) is 1.16. The Balaban J connectivity index is 2.10. The van der Waals surface area contributed by atoms with Crippen molar-refractivity contribution < 1.29 is 19.2 Å². The predicted octanol–water partition coefficient (Wildman–Crippen LogP) is 5.74. The van der Waals surface area contributed by atoms with E-state index in [1.54, 1.807) is 0 Å². The molecule has 1 nitrogen and oxygen atoms in total. The van der Waals surface area contributed by atoms with E-state index >= 15 is 0 Å². The Morgan fingerprint density at radius 3 is 1.43 bits per heavy atom. The largest absolute Gasteiger partial charge is 0.355 e. The second-order valence-corrected chi connectivity index (χ2v) is 4.12. The Morgan fingerprint density at radius 1 is 0.524 bits per heavy atom. The first-order valence-electron chi connectivity index (χ1n) is 13.0. The Bertz CT molecular complexity index is 1490. The quantitative estimate of drug-likeness (QED) is 0.495. The molecule has 0 unspecified atom stereocenters. The molecule has 0 saturated heterocycles. The van der Waals surface area contributed by atoms with Gasteiger partial charge in [0.1, 0.15) is 0 Å². The van der Waals surface area contributed by atoms with E-state index in [1.165, 1.54) is 0 Å². The molecule has 100 valence electrons. The average molecular weight is 283 g/mol. The summed E-state index contributed by atoms with van der Waals surface area (Å²) in [7, 11) is 0. The van der Waals surface area contributed by atoms with Crippen LogP contribution in [-0.2, 0) is 0 Å². The van der Waals surface area contributed by atoms with Crippen LogP contribution in [0.3, 0.4) is 0 Å². The van der Waals surface area contributed by atoms with Crippen LogP contribution in [0.1, 0.15) is 19.2 Å². The van der Waals surface area contributed by atoms with Crippen molar-refractivity contribution in [3.05, 3.63) is 84.6 Å². The molecule has 1 N–H and O–H groups in total. The molecule has 0 fully saturated rings. The molecule has 0 atom stereocenters. The van der Waals surface area contributed by atoms with Crippen molar-refractivity contribution in [2.45, 2.75) is 0 Å². The smallest absolute Gasteiger partial charge is 0.0651 e. The fourth-order valence-electron chi connectivity index (χ4n) is 1.81. The van der Waals surface area contributed by atoms with E-state index in [0.29, 0.717) is 0 Å². The maximum Gasteiger partial charge on any atom is 0.0651 e. The van der Waals surface area contributed by atoms with Crippen LogP contribution in [0, 0.1) is 0 Å². The van der Waals surface area contributed by atoms with Crippen LogP contribution in [0.2, 0.25) is 0 Å². The maximum atomic E-state index is 8.52. The van der Waals surface area contributed by atoms with Gasteiger partial charge >= 0.3 is 0 Å². The van der Waals surface area contributed by atoms with Crippen LogP contribution in [-0.4, -0.2) is 0 Å². The minimum atomic E-state index is -0.645. The van der Waals surface area contributed by atoms with Crippen molar-refractivity contribution in [1.82, 2.24) is 0 Å². The molecule has 0 bridgehead atoms. The molecule has 0 heterocycles. The number of hydrogen-bond donors (Lipinski definition) is 1. The summed E-state index contributed by atoms with van der Waals surface area (Å²) in [5.41, 5.74) is -0.900. The normalized spacial score (nSPS) is 20.2. The zero-order valence-electron chi connectivity index (χ0n) is 24.5. The Morgan fingerprint density at radius 2 is 0.952 bits per heavy atom. The van der Waals surface area contributed by atoms with Gasteiger partial charge in [-0.05, 0) is 45.7 Å². The highest BCUT2D eigenvalue weighted by molar-refractivity contribution is 5.89. The number of anilines is 2. The van der Waals surface area contributed by atoms with Gasteiger partial charge in [0.15, 0.2) is 0 Å². The summed E-state index contributed by atoms with van der Waals surface area (Å²) < 4.78 is 114. The zero-order chi connectivity index (χ0) is 26.3. The van der Waals surface area contributed by atoms with Crippen molar-refractivity contribution in [3.8, 4) is 0 Å². The van der Waals surface area contributed by atoms with Gasteiger partial charge in [-0.15, -0.1) is 0 Å². The third-order valence-corrected chi connectivity index (χ3v) is 2.75. The van der Waals surface area contributed by atoms with E-state index in [-0.39, 0.29) is 21.5 Å². The molecule has 0 saturated carbocycles. The lowest BCUT2D eigenvalue weighted by atomic mass is 10.1. The van der Waals surface area contributed by atoms with E-state index in [9.17, 15) is 0 Å². The van der Waals surface area contributed by atoms with Gasteiger partial charge < -0.3 is 5.32 Å². The van der Waals surface area contributed by atoms with Gasteiger partial charge in [-0.25, -0.2) is 0 Å². The highest BCUT2D eigenvalue weighted by Crippen LogP contribution is 2.24. The van der Waals surface area contributed by atoms with Gasteiger partial charge in [-0.3, -0.25) is 0 Å². The number of nitrogens with one attached hydrogen (secondary N) is 1. The summed E-state index contributed by atoms with van der Waals surface area (Å²) in [6, 6.07) is -8.61. The van der Waals surface area contributed by atoms with Crippen molar-refractivity contribution in [2.24, 2.45) is 0 Å². The zero-order valence-corrected chi connectivity index (χ0v) is 10.5. The van der Waals surface area contributed by atoms with E-state index in [0.717, 1.165) is 0 Å². The summed E-state index contributed by atoms with van der Waals surface area (Å²) >= 11 is 0. The Hall–Kier alpha value is -2.80. The number of hydrogen-bond acceptors (Lipinski definition) is 1. The molecule has 21 heavy (non-hydrogen) atoms. The van der Waals surface area contributed by atoms with E-state index in [4.69, 9.17) is 19.2 Å². The van der Waals surface area contributed by atoms with Crippen molar-refractivity contribution in [3.63, 3.8) is 0 Å². The molecule has 0 amide bonds. The van der Waals surface area contributed by atoms with Crippen molar-refractivity contribution >= 4 is 32.9 Å². The molecule has 0 aliphatic rings. The van der Waals surface area contributed by atoms with Gasteiger partial charge in [0.2, 0.25) is 0 Å². The van der Waals surface area contributed by atoms with E-state index in [1.807, 2.05) is 0 Å². The molecule has 4 aromatic carbocycles. The highest BCUT2D eigenvalue weighted by atomic mass is 14.9. The molecular weight excluding hydrogens is 254 g/mol. The van der Waals surface area contributed by atoms with Gasteiger partial charge in [-0.2, -0.15) is 0 Å². The minimum Gasteiger partial charge on any atom is -0.355 e. The van der Waals surface area contributed by atoms with Crippen molar-refractivity contribution in [1.29, 1.82) is 0 Å². The van der Waals surface area contributed by atoms with Gasteiger partial charge in [0, 0.05) is 11.4 Å². The molecule has 4 rings (SSSR count). The predicted molar refractivity (Wildman–Crippen MR) is 91.2 cm³/mol. The summed E-state index contributed by atoms with van der Waals surface area (Å²) in [6.45, 7) is 0. The van der Waals surface area contributed by atoms with Gasteiger partial charge in [-0.1, -0.05) is 60.4 Å². The molecule has 1 heteroatoms. The molecule has 4 aromatic rings. The first kappa shape index (κ1) is 4.35. The third-order valence-electron chi connectivity index (χ3n) is 2.75. The van der Waals surface area contributed by atoms with Gasteiger partial charge in [0.05, 0.1) is 19.2 Å². The van der Waals surface area contributed by atoms with Crippen LogP contribution in [0.15, 0.2) is 84.6 Å². The monoisotopic (exact) mass is 283 g/mol. The second-order valence-electron chi connectivity index (χ2n) is 4.12. The molecule has 0 spiro atoms. The fraction of sp³-hybridized carbons (Fsp3) is 0. The minimum absolute atomic E-state index is 0.331. The highest BCUT2D eigenvalue weighted by Gasteiger charge is 1.99. The van der Waals surface area contributed by atoms with Crippen LogP contribution in [0.4, 0.5) is 11.4 Å². The summed E-state index contributed by atoms with van der Waals surface area (Å²) in [5.74, 6) is 0. The van der Waals surface area contributed by atoms with Crippen LogP contribution >= 0.6 is 0 Å². The number of rotatable bonds is 2. The lowest BCUT2D eigenvalue weighted by molar-refractivity contribution is 1.59. The number of benzene rings is 4. The van der Waals surface area contributed by atoms with Crippen LogP contribution < -0.4 is 5.32 Å². The van der Waals surface area contributed by atoms with Crippen molar-refractivity contribution in [2.75, 3.05) is 5.32 Å². The lowest BCUT2D eigenvalue weighted by Gasteiger charge is -2.09. The average Bonchev–Trinajstić information content (AvgIpc) is 2.82. The summed E-state index contributed by atoms with van der Waals surface area (Å²) in [6.07, 6.45) is 0. The molecule has 0 aliphatic heterocycles. The summed E-state index contributed by atoms with van der Waals surface area (Å²) in [4.78, 5) is 0. The van der Waals surface area contributed by atoms with Crippen LogP contribution in [0.5, 0.6) is 0 Å². The standard InChI is InChI=1S/C20H15N/c1-3-7-17-13-19(11-9-15(17)5-1)21-20-12-10-16-6-2-4-8-18(16)14-20/h1-14,21H/i1D,2D,3D,4D,5D,6D,7D,8D,9D,10D,11D,12D,13D,14D. The van der Waals surface area contributed by atoms with Crippen LogP contribution in [0.25, 0.3) is 21.5 Å².